The number of benzene rings is 1. The molecule has 1 N–H and O–H groups in total. The molecule has 0 aliphatic carbocycles. The summed E-state index contributed by atoms with van der Waals surface area (Å²) in [6.45, 7) is 9.96. The average Bonchev–Trinajstić information content (AvgIpc) is 3.09. The molecule has 176 valence electrons. The summed E-state index contributed by atoms with van der Waals surface area (Å²) in [5.41, 5.74) is 0.358. The number of cyclic esters (lactones) is 1. The van der Waals surface area contributed by atoms with Crippen molar-refractivity contribution in [3.63, 3.8) is 0 Å². The predicted octanol–water partition coefficient (Wildman–Crippen LogP) is 3.70. The van der Waals surface area contributed by atoms with E-state index in [4.69, 9.17) is 14.2 Å². The predicted molar refractivity (Wildman–Crippen MR) is 120 cm³/mol. The average molecular weight is 447 g/mol. The molecule has 1 fully saturated rings. The molecular weight excluding hydrogens is 412 g/mol. The number of nitrogens with zero attached hydrogens (tertiary/aromatic N) is 1. The molecule has 1 heterocycles. The summed E-state index contributed by atoms with van der Waals surface area (Å²) in [5, 5.41) is 2.66. The number of amides is 3. The number of carbonyl (C=O) groups is 3. The lowest BCUT2D eigenvalue weighted by Gasteiger charge is -2.26. The lowest BCUT2D eigenvalue weighted by atomic mass is 9.99. The Kier molecular flexibility index (Phi) is 9.71. The zero-order valence-corrected chi connectivity index (χ0v) is 19.2. The maximum Gasteiger partial charge on any atom is 0.416 e. The van der Waals surface area contributed by atoms with Crippen LogP contribution < -0.4 is 5.32 Å². The molecule has 1 aromatic carbocycles. The lowest BCUT2D eigenvalue weighted by Crippen LogP contribution is -2.47. The molecule has 1 unspecified atom stereocenters. The van der Waals surface area contributed by atoms with Crippen LogP contribution in [0.15, 0.2) is 43.0 Å². The van der Waals surface area contributed by atoms with Gasteiger partial charge in [0.25, 0.3) is 0 Å². The third-order valence-corrected chi connectivity index (χ3v) is 4.83. The molecule has 3 amide bonds. The summed E-state index contributed by atoms with van der Waals surface area (Å²) >= 11 is 0. The zero-order chi connectivity index (χ0) is 23.6. The SMILES string of the molecule is C=CCOCCC[C@H](CNC(=O)OC(C)(C)C)C(=O)N1C(=O)OCC1Cc1ccccc1. The fourth-order valence-electron chi connectivity index (χ4n) is 3.40. The second-order valence-electron chi connectivity index (χ2n) is 8.71. The number of ether oxygens (including phenoxy) is 3. The largest absolute Gasteiger partial charge is 0.447 e. The smallest absolute Gasteiger partial charge is 0.416 e. The minimum absolute atomic E-state index is 0.0526. The van der Waals surface area contributed by atoms with Crippen molar-refractivity contribution in [3.8, 4) is 0 Å². The molecule has 8 heteroatoms. The molecular formula is C24H34N2O6. The van der Waals surface area contributed by atoms with Gasteiger partial charge in [-0.3, -0.25) is 4.79 Å². The van der Waals surface area contributed by atoms with Crippen LogP contribution in [0.1, 0.15) is 39.2 Å². The van der Waals surface area contributed by atoms with Gasteiger partial charge in [0.15, 0.2) is 0 Å². The monoisotopic (exact) mass is 446 g/mol. The fraction of sp³-hybridized carbons (Fsp3) is 0.542. The Hall–Kier alpha value is -2.87. The van der Waals surface area contributed by atoms with Gasteiger partial charge in [-0.15, -0.1) is 6.58 Å². The summed E-state index contributed by atoms with van der Waals surface area (Å²) < 4.78 is 15.9. The molecule has 2 atom stereocenters. The highest BCUT2D eigenvalue weighted by atomic mass is 16.6. The number of imide groups is 1. The minimum atomic E-state index is -0.652. The van der Waals surface area contributed by atoms with Crippen LogP contribution in [0.2, 0.25) is 0 Å². The van der Waals surface area contributed by atoms with E-state index in [2.05, 4.69) is 11.9 Å². The highest BCUT2D eigenvalue weighted by Gasteiger charge is 2.40. The first-order chi connectivity index (χ1) is 15.2. The van der Waals surface area contributed by atoms with E-state index in [-0.39, 0.29) is 19.1 Å². The summed E-state index contributed by atoms with van der Waals surface area (Å²) in [5.74, 6) is -0.980. The highest BCUT2D eigenvalue weighted by Crippen LogP contribution is 2.22. The van der Waals surface area contributed by atoms with Gasteiger partial charge >= 0.3 is 12.2 Å². The normalized spacial score (nSPS) is 16.9. The number of carbonyl (C=O) groups excluding carboxylic acids is 3. The standard InChI is InChI=1S/C24H34N2O6/c1-5-13-30-14-9-12-19(16-25-22(28)32-24(2,3)4)21(27)26-20(17-31-23(26)29)15-18-10-7-6-8-11-18/h5-8,10-11,19-20H,1,9,12-17H2,2-4H3,(H,25,28)/t19-,20?/m1/s1. The van der Waals surface area contributed by atoms with Crippen molar-refractivity contribution in [1.82, 2.24) is 10.2 Å². The Labute approximate surface area is 189 Å². The number of alkyl carbamates (subject to hydrolysis) is 1. The highest BCUT2D eigenvalue weighted by molar-refractivity contribution is 5.95. The van der Waals surface area contributed by atoms with E-state index < -0.39 is 29.7 Å². The molecule has 32 heavy (non-hydrogen) atoms. The van der Waals surface area contributed by atoms with Crippen LogP contribution in [0.25, 0.3) is 0 Å². The van der Waals surface area contributed by atoms with Gasteiger partial charge in [0.2, 0.25) is 5.91 Å². The first-order valence-corrected chi connectivity index (χ1v) is 10.9. The summed E-state index contributed by atoms with van der Waals surface area (Å²) in [4.78, 5) is 39.0. The van der Waals surface area contributed by atoms with E-state index >= 15 is 0 Å². The molecule has 8 nitrogen and oxygen atoms in total. The Morgan fingerprint density at radius 2 is 2.03 bits per heavy atom. The van der Waals surface area contributed by atoms with Crippen molar-refractivity contribution in [1.29, 1.82) is 0 Å². The fourth-order valence-corrected chi connectivity index (χ4v) is 3.40. The molecule has 0 radical (unpaired) electrons. The van der Waals surface area contributed by atoms with Crippen molar-refractivity contribution < 1.29 is 28.6 Å². The molecule has 0 bridgehead atoms. The van der Waals surface area contributed by atoms with Gasteiger partial charge in [-0.25, -0.2) is 14.5 Å². The molecule has 1 aromatic rings. The van der Waals surface area contributed by atoms with Gasteiger partial charge in [0, 0.05) is 13.2 Å². The van der Waals surface area contributed by atoms with E-state index in [0.717, 1.165) is 5.56 Å². The summed E-state index contributed by atoms with van der Waals surface area (Å²) in [6, 6.07) is 9.24. The van der Waals surface area contributed by atoms with Gasteiger partial charge in [-0.05, 0) is 45.6 Å². The Morgan fingerprint density at radius 3 is 2.69 bits per heavy atom. The third kappa shape index (κ3) is 8.34. The van der Waals surface area contributed by atoms with E-state index in [0.29, 0.717) is 32.5 Å². The van der Waals surface area contributed by atoms with E-state index in [1.165, 1.54) is 4.90 Å². The molecule has 1 aliphatic rings. The minimum Gasteiger partial charge on any atom is -0.447 e. The maximum absolute atomic E-state index is 13.4. The van der Waals surface area contributed by atoms with Gasteiger partial charge in [-0.1, -0.05) is 36.4 Å². The van der Waals surface area contributed by atoms with E-state index in [1.807, 2.05) is 30.3 Å². The van der Waals surface area contributed by atoms with Crippen LogP contribution in [-0.4, -0.2) is 61.0 Å². The number of hydrogen-bond acceptors (Lipinski definition) is 6. The molecule has 1 aliphatic heterocycles. The summed E-state index contributed by atoms with van der Waals surface area (Å²) in [7, 11) is 0. The van der Waals surface area contributed by atoms with Crippen molar-refractivity contribution in [3.05, 3.63) is 48.6 Å². The first kappa shape index (κ1) is 25.4. The quantitative estimate of drug-likeness (QED) is 0.411. The van der Waals surface area contributed by atoms with Gasteiger partial charge in [0.05, 0.1) is 18.6 Å². The van der Waals surface area contributed by atoms with Gasteiger partial charge in [0.1, 0.15) is 12.2 Å². The Bertz CT molecular complexity index is 774. The van der Waals surface area contributed by atoms with Crippen LogP contribution in [0, 0.1) is 5.92 Å². The topological polar surface area (TPSA) is 94.2 Å². The van der Waals surface area contributed by atoms with Crippen LogP contribution in [0.3, 0.4) is 0 Å². The first-order valence-electron chi connectivity index (χ1n) is 10.9. The lowest BCUT2D eigenvalue weighted by molar-refractivity contribution is -0.133. The second-order valence-corrected chi connectivity index (χ2v) is 8.71. The van der Waals surface area contributed by atoms with Gasteiger partial charge < -0.3 is 19.5 Å². The summed E-state index contributed by atoms with van der Waals surface area (Å²) in [6.07, 6.45) is 1.93. The van der Waals surface area contributed by atoms with Crippen molar-refractivity contribution in [2.45, 2.75) is 51.7 Å². The molecule has 2 rings (SSSR count). The number of nitrogens with one attached hydrogen (secondary N) is 1. The molecule has 0 saturated carbocycles. The maximum atomic E-state index is 13.4. The molecule has 1 saturated heterocycles. The number of rotatable bonds is 11. The van der Waals surface area contributed by atoms with Crippen LogP contribution in [0.5, 0.6) is 0 Å². The van der Waals surface area contributed by atoms with Crippen LogP contribution >= 0.6 is 0 Å². The van der Waals surface area contributed by atoms with Crippen LogP contribution in [-0.2, 0) is 25.4 Å². The second kappa shape index (κ2) is 12.2. The van der Waals surface area contributed by atoms with Crippen molar-refractivity contribution >= 4 is 18.1 Å². The van der Waals surface area contributed by atoms with Crippen LogP contribution in [0.4, 0.5) is 9.59 Å². The van der Waals surface area contributed by atoms with E-state index in [1.54, 1.807) is 26.8 Å². The molecule has 0 spiro atoms. The zero-order valence-electron chi connectivity index (χ0n) is 19.2. The van der Waals surface area contributed by atoms with Crippen molar-refractivity contribution in [2.75, 3.05) is 26.4 Å². The molecule has 0 aromatic heterocycles. The Balaban J connectivity index is 2.06. The van der Waals surface area contributed by atoms with Crippen molar-refractivity contribution in [2.24, 2.45) is 5.92 Å². The van der Waals surface area contributed by atoms with E-state index in [9.17, 15) is 14.4 Å². The third-order valence-electron chi connectivity index (χ3n) is 4.83. The van der Waals surface area contributed by atoms with Gasteiger partial charge in [-0.2, -0.15) is 0 Å². The Morgan fingerprint density at radius 1 is 1.31 bits per heavy atom. The number of hydrogen-bond donors (Lipinski definition) is 1.